The number of nitrogens with zero attached hydrogens (tertiary/aromatic N) is 5. The molecule has 0 bridgehead atoms. The summed E-state index contributed by atoms with van der Waals surface area (Å²) in [6.45, 7) is 1.86. The Morgan fingerprint density at radius 3 is 2.83 bits per heavy atom. The SMILES string of the molecule is Cc1cc(-c2n[nH]c(=S)n2/N=C\c2cc([N+](=O)[O-])ccc2Cl)n[nH]1. The van der Waals surface area contributed by atoms with Crippen molar-refractivity contribution in [3.05, 3.63) is 55.4 Å². The van der Waals surface area contributed by atoms with Crippen LogP contribution in [-0.4, -0.2) is 36.2 Å². The van der Waals surface area contributed by atoms with Gasteiger partial charge in [0.1, 0.15) is 5.69 Å². The predicted octanol–water partition coefficient (Wildman–Crippen LogP) is 3.08. The van der Waals surface area contributed by atoms with Crippen LogP contribution in [0.3, 0.4) is 0 Å². The third-order valence-corrected chi connectivity index (χ3v) is 3.70. The molecule has 0 saturated carbocycles. The van der Waals surface area contributed by atoms with E-state index in [-0.39, 0.29) is 10.5 Å². The first kappa shape index (κ1) is 16.0. The lowest BCUT2D eigenvalue weighted by molar-refractivity contribution is -0.384. The largest absolute Gasteiger partial charge is 0.282 e. The van der Waals surface area contributed by atoms with Gasteiger partial charge in [0.05, 0.1) is 11.1 Å². The summed E-state index contributed by atoms with van der Waals surface area (Å²) in [5.74, 6) is 0.405. The minimum absolute atomic E-state index is 0.0835. The number of benzene rings is 1. The van der Waals surface area contributed by atoms with Crippen LogP contribution in [0.25, 0.3) is 11.5 Å². The molecular formula is C13H10ClN7O2S. The molecule has 3 aromatic rings. The molecule has 1 aromatic carbocycles. The van der Waals surface area contributed by atoms with Gasteiger partial charge in [0.15, 0.2) is 0 Å². The van der Waals surface area contributed by atoms with E-state index in [1.165, 1.54) is 29.1 Å². The van der Waals surface area contributed by atoms with Crippen LogP contribution in [0.4, 0.5) is 5.69 Å². The van der Waals surface area contributed by atoms with Crippen LogP contribution in [-0.2, 0) is 0 Å². The number of aromatic nitrogens is 5. The van der Waals surface area contributed by atoms with Gasteiger partial charge in [-0.1, -0.05) is 11.6 Å². The molecule has 122 valence electrons. The number of halogens is 1. The Balaban J connectivity index is 2.02. The zero-order valence-corrected chi connectivity index (χ0v) is 13.8. The summed E-state index contributed by atoms with van der Waals surface area (Å²) in [5.41, 5.74) is 1.72. The maximum atomic E-state index is 10.9. The Labute approximate surface area is 145 Å². The third-order valence-electron chi connectivity index (χ3n) is 3.09. The van der Waals surface area contributed by atoms with Crippen molar-refractivity contribution in [3.8, 4) is 11.5 Å². The molecule has 3 rings (SSSR count). The number of H-pyrrole nitrogens is 2. The van der Waals surface area contributed by atoms with E-state index in [1.54, 1.807) is 6.07 Å². The van der Waals surface area contributed by atoms with Gasteiger partial charge in [-0.05, 0) is 31.3 Å². The molecule has 0 spiro atoms. The summed E-state index contributed by atoms with van der Waals surface area (Å²) in [5, 5.41) is 29.0. The van der Waals surface area contributed by atoms with Crippen molar-refractivity contribution in [1.82, 2.24) is 25.1 Å². The van der Waals surface area contributed by atoms with E-state index in [1.807, 2.05) is 6.92 Å². The summed E-state index contributed by atoms with van der Waals surface area (Å²) in [4.78, 5) is 10.4. The zero-order valence-electron chi connectivity index (χ0n) is 12.2. The highest BCUT2D eigenvalue weighted by atomic mass is 35.5. The lowest BCUT2D eigenvalue weighted by atomic mass is 10.2. The molecule has 0 aliphatic rings. The van der Waals surface area contributed by atoms with Crippen LogP contribution in [0.1, 0.15) is 11.3 Å². The number of rotatable bonds is 4. The van der Waals surface area contributed by atoms with Gasteiger partial charge in [-0.3, -0.25) is 15.2 Å². The van der Waals surface area contributed by atoms with Crippen molar-refractivity contribution >= 4 is 35.7 Å². The Kier molecular flexibility index (Phi) is 4.23. The van der Waals surface area contributed by atoms with Crippen molar-refractivity contribution in [3.63, 3.8) is 0 Å². The number of nitrogens with one attached hydrogen (secondary N) is 2. The number of nitro groups is 1. The average molecular weight is 364 g/mol. The van der Waals surface area contributed by atoms with Gasteiger partial charge in [-0.25, -0.2) is 5.10 Å². The zero-order chi connectivity index (χ0) is 17.3. The molecule has 0 unspecified atom stereocenters. The second kappa shape index (κ2) is 6.34. The van der Waals surface area contributed by atoms with Gasteiger partial charge < -0.3 is 0 Å². The molecule has 0 radical (unpaired) electrons. The maximum Gasteiger partial charge on any atom is 0.270 e. The predicted molar refractivity (Wildman–Crippen MR) is 90.8 cm³/mol. The number of aromatic amines is 2. The highest BCUT2D eigenvalue weighted by Crippen LogP contribution is 2.21. The summed E-state index contributed by atoms with van der Waals surface area (Å²) < 4.78 is 1.61. The van der Waals surface area contributed by atoms with E-state index in [0.717, 1.165) is 5.69 Å². The van der Waals surface area contributed by atoms with Crippen LogP contribution in [0.5, 0.6) is 0 Å². The van der Waals surface area contributed by atoms with Gasteiger partial charge in [-0.15, -0.1) is 0 Å². The van der Waals surface area contributed by atoms with E-state index >= 15 is 0 Å². The van der Waals surface area contributed by atoms with Gasteiger partial charge in [-0.2, -0.15) is 20.0 Å². The molecule has 0 aliphatic carbocycles. The first-order valence-electron chi connectivity index (χ1n) is 6.64. The number of hydrogen-bond donors (Lipinski definition) is 2. The van der Waals surface area contributed by atoms with Crippen LogP contribution in [0, 0.1) is 21.8 Å². The summed E-state index contributed by atoms with van der Waals surface area (Å²) >= 11 is 11.2. The molecule has 0 saturated heterocycles. The highest BCUT2D eigenvalue weighted by Gasteiger charge is 2.12. The number of aryl methyl sites for hydroxylation is 1. The molecule has 9 nitrogen and oxygen atoms in total. The third kappa shape index (κ3) is 3.09. The monoisotopic (exact) mass is 363 g/mol. The summed E-state index contributed by atoms with van der Waals surface area (Å²) in [7, 11) is 0. The molecule has 2 aromatic heterocycles. The van der Waals surface area contributed by atoms with Gasteiger partial charge >= 0.3 is 0 Å². The lowest BCUT2D eigenvalue weighted by Gasteiger charge is -1.99. The first-order valence-corrected chi connectivity index (χ1v) is 7.42. The van der Waals surface area contributed by atoms with Crippen molar-refractivity contribution in [2.45, 2.75) is 6.92 Å². The van der Waals surface area contributed by atoms with Crippen LogP contribution >= 0.6 is 23.8 Å². The topological polar surface area (TPSA) is 118 Å². The van der Waals surface area contributed by atoms with Crippen LogP contribution in [0.15, 0.2) is 29.4 Å². The van der Waals surface area contributed by atoms with Gasteiger partial charge in [0.25, 0.3) is 5.69 Å². The highest BCUT2D eigenvalue weighted by molar-refractivity contribution is 7.71. The number of non-ortho nitro benzene ring substituents is 1. The van der Waals surface area contributed by atoms with E-state index in [2.05, 4.69) is 25.5 Å². The molecule has 0 atom stereocenters. The Morgan fingerprint density at radius 2 is 2.17 bits per heavy atom. The minimum atomic E-state index is -0.505. The first-order chi connectivity index (χ1) is 11.5. The average Bonchev–Trinajstić information content (AvgIpc) is 3.12. The van der Waals surface area contributed by atoms with E-state index < -0.39 is 4.92 Å². The Hall–Kier alpha value is -2.85. The van der Waals surface area contributed by atoms with E-state index in [9.17, 15) is 10.1 Å². The fourth-order valence-electron chi connectivity index (χ4n) is 1.96. The van der Waals surface area contributed by atoms with Crippen molar-refractivity contribution in [1.29, 1.82) is 0 Å². The minimum Gasteiger partial charge on any atom is -0.282 e. The fourth-order valence-corrected chi connectivity index (χ4v) is 2.31. The van der Waals surface area contributed by atoms with Crippen LogP contribution in [0.2, 0.25) is 5.02 Å². The number of nitro benzene ring substituents is 1. The molecule has 0 aliphatic heterocycles. The number of hydrogen-bond acceptors (Lipinski definition) is 6. The normalized spacial score (nSPS) is 11.2. The second-order valence-corrected chi connectivity index (χ2v) is 5.60. The standard InChI is InChI=1S/C13H10ClN7O2S/c1-7-4-11(17-16-7)12-18-19-13(24)20(12)15-6-8-5-9(21(22)23)2-3-10(8)14/h2-6H,1H3,(H,16,17)(H,19,24)/b15-6-. The molecule has 0 fully saturated rings. The Bertz CT molecular complexity index is 1000. The summed E-state index contributed by atoms with van der Waals surface area (Å²) in [6, 6.07) is 5.87. The Morgan fingerprint density at radius 1 is 1.38 bits per heavy atom. The van der Waals surface area contributed by atoms with Crippen LogP contribution < -0.4 is 0 Å². The molecule has 0 amide bonds. The van der Waals surface area contributed by atoms with Crippen molar-refractivity contribution < 1.29 is 4.92 Å². The molecule has 24 heavy (non-hydrogen) atoms. The van der Waals surface area contributed by atoms with E-state index in [0.29, 0.717) is 22.1 Å². The molecule has 2 N–H and O–H groups in total. The lowest BCUT2D eigenvalue weighted by Crippen LogP contribution is -1.96. The molecule has 11 heteroatoms. The second-order valence-electron chi connectivity index (χ2n) is 4.81. The molecule has 2 heterocycles. The van der Waals surface area contributed by atoms with Crippen molar-refractivity contribution in [2.24, 2.45) is 5.10 Å². The molecular weight excluding hydrogens is 354 g/mol. The quantitative estimate of drug-likeness (QED) is 0.319. The fraction of sp³-hybridized carbons (Fsp3) is 0.0769. The van der Waals surface area contributed by atoms with Crippen molar-refractivity contribution in [2.75, 3.05) is 0 Å². The van der Waals surface area contributed by atoms with Gasteiger partial charge in [0.2, 0.25) is 10.6 Å². The maximum absolute atomic E-state index is 10.9. The van der Waals surface area contributed by atoms with E-state index in [4.69, 9.17) is 23.8 Å². The summed E-state index contributed by atoms with van der Waals surface area (Å²) in [6.07, 6.45) is 1.38. The smallest absolute Gasteiger partial charge is 0.270 e. The van der Waals surface area contributed by atoms with Gasteiger partial charge in [0, 0.05) is 28.4 Å².